The number of nitrogens with one attached hydrogen (secondary N) is 4. The molecular weight excluding hydrogens is 1810 g/mol. The zero-order valence-electron chi connectivity index (χ0n) is 81.9. The number of anilines is 1. The first-order valence-corrected chi connectivity index (χ1v) is 51.9. The van der Waals surface area contributed by atoms with Gasteiger partial charge in [0.05, 0.1) is 112 Å². The SMILES string of the molecule is CC(C)Oc1c(F)cnc2cc(Cn3cccc(N)c3=O)n(COCC[Si](C)(C)C)c12.COC(=O)N[C@@H](CC/C=C/C(=O)N(C)C)C(=O)Cc1cccn(Cc2cc3ncc(F)c(OC(C)C)c3[nH]2)c1=O.COC(=O)N[C@@H](CC/C=C/C(=O)N(C)C)C(=O)Cc1cccn(Cc2cc3ncc(F)c(OC(C)C)c3n2COCC[Si](C)(C)C)c1=O.COC(=O)N[C@@H](CC/C=C/C(=O)N(C)C)C(=O)O. The molecule has 37 nitrogen and oxygen atoms in total. The Labute approximate surface area is 795 Å². The highest BCUT2D eigenvalue weighted by atomic mass is 28.3. The highest BCUT2D eigenvalue weighted by molar-refractivity contribution is 6.76. The second-order valence-electron chi connectivity index (χ2n) is 35.8. The Bertz CT molecular complexity index is 5920. The van der Waals surface area contributed by atoms with E-state index in [1.165, 1.54) is 60.8 Å². The van der Waals surface area contributed by atoms with E-state index in [0.717, 1.165) is 43.5 Å². The van der Waals surface area contributed by atoms with Crippen molar-refractivity contribution in [1.29, 1.82) is 0 Å². The number of carboxylic acid groups (broad SMARTS) is 1. The molecule has 0 unspecified atom stereocenters. The molecule has 0 saturated heterocycles. The normalized spacial score (nSPS) is 12.2. The van der Waals surface area contributed by atoms with Gasteiger partial charge in [-0.1, -0.05) is 69.6 Å². The maximum absolute atomic E-state index is 15.0. The number of alkyl carbamates (subject to hydrolysis) is 3. The quantitative estimate of drug-likeness (QED) is 0.00894. The number of likely N-dealkylation sites (N-methyl/N-ethyl adjacent to an activating group) is 3. The number of fused-ring (bicyclic) bond motifs is 3. The number of carboxylic acids is 1. The van der Waals surface area contributed by atoms with Gasteiger partial charge in [-0.3, -0.25) is 53.3 Å². The number of ketones is 2. The number of nitrogens with two attached hydrogens (primary N) is 1. The maximum atomic E-state index is 15.0. The van der Waals surface area contributed by atoms with Gasteiger partial charge in [0.1, 0.15) is 36.1 Å². The second-order valence-corrected chi connectivity index (χ2v) is 47.1. The van der Waals surface area contributed by atoms with E-state index in [4.69, 9.17) is 39.3 Å². The molecule has 42 heteroatoms. The van der Waals surface area contributed by atoms with Crippen LogP contribution in [0.15, 0.2) is 143 Å². The molecule has 0 aliphatic rings. The van der Waals surface area contributed by atoms with Crippen LogP contribution in [-0.4, -0.2) is 246 Å². The van der Waals surface area contributed by atoms with E-state index in [9.17, 15) is 66.3 Å². The zero-order valence-corrected chi connectivity index (χ0v) is 83.9. The Hall–Kier alpha value is -13.5. The van der Waals surface area contributed by atoms with Crippen molar-refractivity contribution in [2.75, 3.05) is 82.6 Å². The molecule has 0 radical (unpaired) electrons. The number of carbonyl (C=O) groups excluding carboxylic acids is 8. The summed E-state index contributed by atoms with van der Waals surface area (Å²) in [6.45, 7) is 26.4. The lowest BCUT2D eigenvalue weighted by atomic mass is 10.0. The summed E-state index contributed by atoms with van der Waals surface area (Å²) in [6, 6.07) is 14.1. The topological polar surface area (TPSA) is 450 Å². The zero-order chi connectivity index (χ0) is 102. The fourth-order valence-corrected chi connectivity index (χ4v) is 14.6. The minimum Gasteiger partial charge on any atom is -0.486 e. The van der Waals surface area contributed by atoms with Crippen molar-refractivity contribution in [2.45, 2.75) is 214 Å². The molecule has 0 aliphatic heterocycles. The Morgan fingerprint density at radius 2 is 0.832 bits per heavy atom. The van der Waals surface area contributed by atoms with Crippen LogP contribution in [0.1, 0.15) is 108 Å². The van der Waals surface area contributed by atoms with Crippen LogP contribution in [0.4, 0.5) is 33.2 Å². The third-order valence-corrected chi connectivity index (χ3v) is 23.8. The molecule has 9 aromatic heterocycles. The van der Waals surface area contributed by atoms with Crippen molar-refractivity contribution in [3.63, 3.8) is 0 Å². The van der Waals surface area contributed by atoms with Crippen molar-refractivity contribution in [3.05, 3.63) is 205 Å². The Balaban J connectivity index is 0.000000294. The first-order chi connectivity index (χ1) is 64.5. The number of carbonyl (C=O) groups is 9. The van der Waals surface area contributed by atoms with Crippen LogP contribution in [-0.2, 0) is 98.4 Å². The van der Waals surface area contributed by atoms with Crippen LogP contribution in [0.3, 0.4) is 0 Å². The van der Waals surface area contributed by atoms with E-state index in [0.29, 0.717) is 77.0 Å². The van der Waals surface area contributed by atoms with Crippen molar-refractivity contribution < 1.29 is 99.3 Å². The molecule has 0 spiro atoms. The van der Waals surface area contributed by atoms with E-state index in [2.05, 4.69) is 84.6 Å². The molecular formula is C95H131F3N16O21Si2. The number of hydrogen-bond acceptors (Lipinski definition) is 24. The predicted molar refractivity (Wildman–Crippen MR) is 519 cm³/mol. The summed E-state index contributed by atoms with van der Waals surface area (Å²) in [5.41, 5.74) is 10.3. The molecule has 6 amide bonds. The molecule has 137 heavy (non-hydrogen) atoms. The summed E-state index contributed by atoms with van der Waals surface area (Å²) in [6.07, 6.45) is 15.3. The molecule has 9 heterocycles. The van der Waals surface area contributed by atoms with E-state index < -0.39 is 81.5 Å². The van der Waals surface area contributed by atoms with E-state index in [1.54, 1.807) is 146 Å². The Morgan fingerprint density at radius 3 is 1.20 bits per heavy atom. The number of pyridine rings is 6. The molecule has 0 aromatic carbocycles. The summed E-state index contributed by atoms with van der Waals surface area (Å²) in [5, 5.41) is 16.1. The number of Topliss-reactive ketones (excluding diaryl/α,β-unsaturated/α-hetero) is 2. The van der Waals surface area contributed by atoms with Gasteiger partial charge in [-0.25, -0.2) is 32.3 Å². The van der Waals surface area contributed by atoms with E-state index in [1.807, 2.05) is 38.3 Å². The van der Waals surface area contributed by atoms with Gasteiger partial charge >= 0.3 is 24.2 Å². The lowest BCUT2D eigenvalue weighted by molar-refractivity contribution is -0.139. The highest BCUT2D eigenvalue weighted by Crippen LogP contribution is 2.35. The first kappa shape index (κ1) is 112. The summed E-state index contributed by atoms with van der Waals surface area (Å²) in [4.78, 5) is 166. The van der Waals surface area contributed by atoms with Crippen molar-refractivity contribution >= 4 is 108 Å². The van der Waals surface area contributed by atoms with Gasteiger partial charge in [0.25, 0.3) is 16.7 Å². The number of aromatic nitrogens is 9. The number of methoxy groups -OCH3 is 3. The van der Waals surface area contributed by atoms with Gasteiger partial charge < -0.3 is 107 Å². The number of halogens is 3. The summed E-state index contributed by atoms with van der Waals surface area (Å²) in [7, 11) is 10.7. The predicted octanol–water partition coefficient (Wildman–Crippen LogP) is 12.0. The molecule has 0 aliphatic carbocycles. The van der Waals surface area contributed by atoms with Gasteiger partial charge in [0.15, 0.2) is 46.3 Å². The molecule has 0 bridgehead atoms. The maximum Gasteiger partial charge on any atom is 0.407 e. The number of nitrogen functional groups attached to an aromatic ring is 1. The number of rotatable bonds is 44. The van der Waals surface area contributed by atoms with Crippen LogP contribution < -0.4 is 52.6 Å². The van der Waals surface area contributed by atoms with Gasteiger partial charge in [-0.05, 0) is 153 Å². The molecule has 3 atom stereocenters. The number of H-pyrrole nitrogens is 1. The van der Waals surface area contributed by atoms with Crippen molar-refractivity contribution in [2.24, 2.45) is 0 Å². The minimum absolute atomic E-state index is 0.0583. The molecule has 7 N–H and O–H groups in total. The van der Waals surface area contributed by atoms with Gasteiger partial charge in [0.2, 0.25) is 17.7 Å². The average molecular weight is 1950 g/mol. The highest BCUT2D eigenvalue weighted by Gasteiger charge is 2.29. The molecule has 746 valence electrons. The molecule has 0 fully saturated rings. The lowest BCUT2D eigenvalue weighted by Crippen LogP contribution is -2.42. The van der Waals surface area contributed by atoms with Crippen LogP contribution in [0.5, 0.6) is 17.2 Å². The molecule has 0 saturated carbocycles. The number of allylic oxidation sites excluding steroid dienone is 3. The fourth-order valence-electron chi connectivity index (χ4n) is 13.1. The van der Waals surface area contributed by atoms with E-state index in [-0.39, 0.29) is 158 Å². The largest absolute Gasteiger partial charge is 0.486 e. The first-order valence-electron chi connectivity index (χ1n) is 44.5. The van der Waals surface area contributed by atoms with Crippen molar-refractivity contribution in [1.82, 2.24) is 73.4 Å². The number of aliphatic carboxylic acids is 1. The lowest BCUT2D eigenvalue weighted by Gasteiger charge is -2.19. The number of amides is 6. The second kappa shape index (κ2) is 53.7. The van der Waals surface area contributed by atoms with Gasteiger partial charge in [-0.15, -0.1) is 0 Å². The van der Waals surface area contributed by atoms with Crippen LogP contribution in [0.2, 0.25) is 51.4 Å². The smallest absolute Gasteiger partial charge is 0.407 e. The fraction of sp³-hybridized carbons (Fsp3) is 0.463. The van der Waals surface area contributed by atoms with Crippen molar-refractivity contribution in [3.8, 4) is 17.2 Å². The monoisotopic (exact) mass is 1940 g/mol. The third-order valence-electron chi connectivity index (χ3n) is 20.4. The number of aromatic amines is 1. The third kappa shape index (κ3) is 35.9. The molecule has 9 aromatic rings. The summed E-state index contributed by atoms with van der Waals surface area (Å²) in [5.74, 6) is -3.96. The van der Waals surface area contributed by atoms with Crippen LogP contribution >= 0.6 is 0 Å². The Kier molecular flexibility index (Phi) is 44.0. The number of ether oxygens (including phenoxy) is 8. The van der Waals surface area contributed by atoms with Crippen LogP contribution in [0, 0.1) is 17.5 Å². The minimum atomic E-state index is -1.37. The number of nitrogens with zero attached hydrogens (tertiary/aromatic N) is 11. The van der Waals surface area contributed by atoms with Gasteiger partial charge in [0, 0.05) is 131 Å². The van der Waals surface area contributed by atoms with E-state index >= 15 is 4.39 Å². The van der Waals surface area contributed by atoms with Crippen LogP contribution in [0.25, 0.3) is 33.1 Å². The van der Waals surface area contributed by atoms with Gasteiger partial charge in [-0.2, -0.15) is 0 Å². The summed E-state index contributed by atoms with van der Waals surface area (Å²) >= 11 is 0. The summed E-state index contributed by atoms with van der Waals surface area (Å²) < 4.78 is 95.0. The number of hydrogen-bond donors (Lipinski definition) is 6. The molecule has 9 rings (SSSR count). The average Bonchev–Trinajstić information content (AvgIpc) is 1.62. The standard InChI is InChI=1S/C34H48FN5O7Si.C28H34FN5O6.C22H31FN4O3Si.C11H18N2O5/c1-23(2)47-32-26(35)20-36-28-19-25(40(31(28)32)22-46-16-17-48(6,7)8)21-39-15-11-12-24(33(39)43)18-29(41)27(37-34(44)45-5)13-9-10-14-30(42)38(3)4;1-17(2)40-26-20(29)15-30-22-14-19(31-25(22)26)16-34-12-8-9-18(27(34)37)13-23(35)21(32-28(38)39-5)10-6-7-11-24(36)33(3)4;1-15(2)30-21-17(23)12-25-19-11-16(13-26-8-6-7-18(24)22(26)28)27(20(19)21)14-29-9-10-31(3,4)5;1-13(2)9(14)7-5-4-6-8(10(15)16)12-11(17)18-3/h10-12,14-15,19-20,23,27H,9,13,16-18,21-22H2,1-8H3,(H,37,44);7-9,11-12,14-15,17,21,31H,6,10,13,16H2,1-5H3,(H,32,38);6-8,11-12,15H,9-10,13-14,24H2,1-5H3;5,7-8H,4,6H2,1-3H3,(H,12,17)(H,15,16)/b14-10+;11-7+;;7-5+/t27-;21-;;8-/m00.0/s1. The Morgan fingerprint density at radius 1 is 0.489 bits per heavy atom.